The number of anilines is 1. The lowest BCUT2D eigenvalue weighted by atomic mass is 10.2. The molecule has 0 radical (unpaired) electrons. The predicted molar refractivity (Wildman–Crippen MR) is 129 cm³/mol. The van der Waals surface area contributed by atoms with Gasteiger partial charge in [-0.25, -0.2) is 4.98 Å². The third kappa shape index (κ3) is 5.75. The molecule has 33 heavy (non-hydrogen) atoms. The molecule has 8 heteroatoms. The molecule has 170 valence electrons. The Balaban J connectivity index is 1.60. The third-order valence-electron chi connectivity index (χ3n) is 5.52. The Hall–Kier alpha value is -3.28. The number of hydrogen-bond acceptors (Lipinski definition) is 8. The zero-order valence-electron chi connectivity index (χ0n) is 19.1. The van der Waals surface area contributed by atoms with Crippen LogP contribution in [0.15, 0.2) is 64.5 Å². The highest BCUT2D eigenvalue weighted by atomic mass is 32.2. The fourth-order valence-corrected chi connectivity index (χ4v) is 4.56. The van der Waals surface area contributed by atoms with Crippen LogP contribution in [-0.4, -0.2) is 54.7 Å². The molecule has 0 bridgehead atoms. The fourth-order valence-electron chi connectivity index (χ4n) is 3.73. The van der Waals surface area contributed by atoms with Crippen molar-refractivity contribution in [2.24, 2.45) is 0 Å². The van der Waals surface area contributed by atoms with E-state index in [1.165, 1.54) is 11.8 Å². The van der Waals surface area contributed by atoms with Gasteiger partial charge in [-0.1, -0.05) is 23.9 Å². The zero-order chi connectivity index (χ0) is 23.2. The van der Waals surface area contributed by atoms with Crippen LogP contribution in [-0.2, 0) is 6.61 Å². The van der Waals surface area contributed by atoms with E-state index in [0.29, 0.717) is 30.0 Å². The van der Waals surface area contributed by atoms with Crippen molar-refractivity contribution in [2.45, 2.75) is 29.4 Å². The number of nitriles is 1. The van der Waals surface area contributed by atoms with Crippen LogP contribution in [0.4, 0.5) is 5.95 Å². The molecule has 1 aromatic heterocycles. The van der Waals surface area contributed by atoms with Crippen molar-refractivity contribution in [3.05, 3.63) is 65.9 Å². The number of rotatable bonds is 7. The molecule has 0 amide bonds. The standard InChI is InChI=1S/C25H27N5O2S/c1-18-16-29(2)11-12-30(18)25-27-15-23(33-22-9-7-19(14-26)8-10-22)24(28-25)32-17-20-5-4-6-21(13-20)31-3/h4-10,13,15,18H,11-12,16-17H2,1-3H3/t18-/m1/s1. The van der Waals surface area contributed by atoms with Crippen LogP contribution >= 0.6 is 11.8 Å². The Morgan fingerprint density at radius 3 is 2.73 bits per heavy atom. The van der Waals surface area contributed by atoms with Crippen molar-refractivity contribution in [3.8, 4) is 17.7 Å². The van der Waals surface area contributed by atoms with E-state index in [2.05, 4.69) is 34.8 Å². The minimum absolute atomic E-state index is 0.312. The summed E-state index contributed by atoms with van der Waals surface area (Å²) in [6.45, 7) is 5.36. The molecule has 1 saturated heterocycles. The van der Waals surface area contributed by atoms with Gasteiger partial charge >= 0.3 is 0 Å². The number of ether oxygens (including phenoxy) is 2. The number of hydrogen-bond donors (Lipinski definition) is 0. The molecule has 4 rings (SSSR count). The monoisotopic (exact) mass is 461 g/mol. The highest BCUT2D eigenvalue weighted by Crippen LogP contribution is 2.35. The number of aromatic nitrogens is 2. The van der Waals surface area contributed by atoms with Gasteiger partial charge in [0.15, 0.2) is 0 Å². The summed E-state index contributed by atoms with van der Waals surface area (Å²) in [4.78, 5) is 15.9. The molecule has 0 unspecified atom stereocenters. The molecule has 2 heterocycles. The van der Waals surface area contributed by atoms with Gasteiger partial charge in [0.05, 0.1) is 29.8 Å². The molecule has 7 nitrogen and oxygen atoms in total. The summed E-state index contributed by atoms with van der Waals surface area (Å²) in [7, 11) is 3.79. The van der Waals surface area contributed by atoms with Crippen LogP contribution in [0.5, 0.6) is 11.6 Å². The second kappa shape index (κ2) is 10.6. The van der Waals surface area contributed by atoms with E-state index in [-0.39, 0.29) is 0 Å². The van der Waals surface area contributed by atoms with Gasteiger partial charge in [-0.2, -0.15) is 10.2 Å². The molecule has 0 N–H and O–H groups in total. The lowest BCUT2D eigenvalue weighted by Crippen LogP contribution is -2.51. The second-order valence-corrected chi connectivity index (χ2v) is 9.14. The molecule has 3 aromatic rings. The van der Waals surface area contributed by atoms with Crippen LogP contribution in [0, 0.1) is 11.3 Å². The summed E-state index contributed by atoms with van der Waals surface area (Å²) in [5, 5.41) is 9.06. The van der Waals surface area contributed by atoms with Crippen molar-refractivity contribution in [1.82, 2.24) is 14.9 Å². The van der Waals surface area contributed by atoms with Gasteiger partial charge in [0.2, 0.25) is 11.8 Å². The van der Waals surface area contributed by atoms with E-state index < -0.39 is 0 Å². The first-order chi connectivity index (χ1) is 16.1. The molecule has 2 aromatic carbocycles. The van der Waals surface area contributed by atoms with Crippen molar-refractivity contribution in [2.75, 3.05) is 38.7 Å². The Labute approximate surface area is 199 Å². The quantitative estimate of drug-likeness (QED) is 0.518. The topological polar surface area (TPSA) is 74.5 Å². The number of methoxy groups -OCH3 is 1. The SMILES string of the molecule is COc1cccc(COc2nc(N3CCN(C)C[C@H]3C)ncc2Sc2ccc(C#N)cc2)c1. The Bertz CT molecular complexity index is 1130. The fraction of sp³-hybridized carbons (Fsp3) is 0.320. The zero-order valence-corrected chi connectivity index (χ0v) is 19.9. The molecule has 0 aliphatic carbocycles. The second-order valence-electron chi connectivity index (χ2n) is 8.02. The van der Waals surface area contributed by atoms with Gasteiger partial charge in [-0.3, -0.25) is 0 Å². The first kappa shape index (κ1) is 22.9. The van der Waals surface area contributed by atoms with E-state index in [4.69, 9.17) is 19.7 Å². The molecule has 0 saturated carbocycles. The van der Waals surface area contributed by atoms with E-state index in [0.717, 1.165) is 40.7 Å². The normalized spacial score (nSPS) is 16.3. The molecule has 1 fully saturated rings. The summed E-state index contributed by atoms with van der Waals surface area (Å²) < 4.78 is 11.5. The van der Waals surface area contributed by atoms with Crippen LogP contribution in [0.3, 0.4) is 0 Å². The summed E-state index contributed by atoms with van der Waals surface area (Å²) in [5.74, 6) is 2.02. The lowest BCUT2D eigenvalue weighted by Gasteiger charge is -2.38. The van der Waals surface area contributed by atoms with Crippen molar-refractivity contribution in [1.29, 1.82) is 5.26 Å². The van der Waals surface area contributed by atoms with Crippen LogP contribution in [0.25, 0.3) is 0 Å². The van der Waals surface area contributed by atoms with Gasteiger partial charge in [-0.05, 0) is 55.9 Å². The van der Waals surface area contributed by atoms with E-state index >= 15 is 0 Å². The van der Waals surface area contributed by atoms with Crippen LogP contribution < -0.4 is 14.4 Å². The molecular weight excluding hydrogens is 434 g/mol. The summed E-state index contributed by atoms with van der Waals surface area (Å²) in [5.41, 5.74) is 1.63. The maximum absolute atomic E-state index is 9.06. The Morgan fingerprint density at radius 2 is 2.00 bits per heavy atom. The summed E-state index contributed by atoms with van der Waals surface area (Å²) in [6, 6.07) is 17.7. The molecular formula is C25H27N5O2S. The molecule has 1 atom stereocenters. The molecule has 0 spiro atoms. The smallest absolute Gasteiger partial charge is 0.232 e. The summed E-state index contributed by atoms with van der Waals surface area (Å²) in [6.07, 6.45) is 1.83. The van der Waals surface area contributed by atoms with Gasteiger partial charge in [0.1, 0.15) is 12.4 Å². The maximum atomic E-state index is 9.06. The van der Waals surface area contributed by atoms with Crippen molar-refractivity contribution >= 4 is 17.7 Å². The van der Waals surface area contributed by atoms with Crippen molar-refractivity contribution < 1.29 is 9.47 Å². The van der Waals surface area contributed by atoms with Gasteiger partial charge < -0.3 is 19.3 Å². The number of benzene rings is 2. The minimum atomic E-state index is 0.312. The van der Waals surface area contributed by atoms with Gasteiger partial charge in [0.25, 0.3) is 0 Å². The number of piperazine rings is 1. The largest absolute Gasteiger partial charge is 0.497 e. The Morgan fingerprint density at radius 1 is 1.18 bits per heavy atom. The van der Waals surface area contributed by atoms with Gasteiger partial charge in [-0.15, -0.1) is 0 Å². The average molecular weight is 462 g/mol. The van der Waals surface area contributed by atoms with E-state index in [1.54, 1.807) is 19.2 Å². The molecule has 1 aliphatic heterocycles. The maximum Gasteiger partial charge on any atom is 0.232 e. The first-order valence-electron chi connectivity index (χ1n) is 10.8. The van der Waals surface area contributed by atoms with Crippen LogP contribution in [0.2, 0.25) is 0 Å². The van der Waals surface area contributed by atoms with Crippen LogP contribution in [0.1, 0.15) is 18.1 Å². The first-order valence-corrected chi connectivity index (χ1v) is 11.6. The molecule has 1 aliphatic rings. The van der Waals surface area contributed by atoms with E-state index in [1.807, 2.05) is 42.6 Å². The lowest BCUT2D eigenvalue weighted by molar-refractivity contribution is 0.268. The van der Waals surface area contributed by atoms with Gasteiger partial charge in [0, 0.05) is 30.6 Å². The minimum Gasteiger partial charge on any atom is -0.497 e. The van der Waals surface area contributed by atoms with E-state index in [9.17, 15) is 0 Å². The number of likely N-dealkylation sites (N-methyl/N-ethyl adjacent to an activating group) is 1. The Kier molecular flexibility index (Phi) is 7.33. The highest BCUT2D eigenvalue weighted by Gasteiger charge is 2.25. The van der Waals surface area contributed by atoms with Crippen molar-refractivity contribution in [3.63, 3.8) is 0 Å². The predicted octanol–water partition coefficient (Wildman–Crippen LogP) is 4.23. The average Bonchev–Trinajstić information content (AvgIpc) is 2.84. The summed E-state index contributed by atoms with van der Waals surface area (Å²) >= 11 is 1.52. The highest BCUT2D eigenvalue weighted by molar-refractivity contribution is 7.99. The number of nitrogens with zero attached hydrogens (tertiary/aromatic N) is 5. The third-order valence-corrected chi connectivity index (χ3v) is 6.53.